The predicted octanol–water partition coefficient (Wildman–Crippen LogP) is -0.300. The molecule has 0 aliphatic carbocycles. The van der Waals surface area contributed by atoms with E-state index in [1.807, 2.05) is 13.0 Å². The molecule has 1 unspecified atom stereocenters. The van der Waals surface area contributed by atoms with Crippen molar-refractivity contribution in [1.29, 1.82) is 0 Å². The van der Waals surface area contributed by atoms with Crippen LogP contribution in [-0.4, -0.2) is 54.4 Å². The van der Waals surface area contributed by atoms with E-state index < -0.39 is 16.1 Å². The number of nitrogens with one attached hydrogen (secondary N) is 1. The first kappa shape index (κ1) is 16.9. The Morgan fingerprint density at radius 1 is 1.50 bits per heavy atom. The molecule has 1 atom stereocenters. The molecule has 8 nitrogen and oxygen atoms in total. The van der Waals surface area contributed by atoms with Gasteiger partial charge >= 0.3 is 0 Å². The highest BCUT2D eigenvalue weighted by Crippen LogP contribution is 2.16. The van der Waals surface area contributed by atoms with Crippen molar-refractivity contribution in [2.75, 3.05) is 19.9 Å². The van der Waals surface area contributed by atoms with Crippen LogP contribution in [0.2, 0.25) is 0 Å². The number of rotatable bonds is 6. The quantitative estimate of drug-likeness (QED) is 0.773. The van der Waals surface area contributed by atoms with Crippen molar-refractivity contribution in [3.8, 4) is 0 Å². The van der Waals surface area contributed by atoms with E-state index in [1.54, 1.807) is 4.68 Å². The second kappa shape index (κ2) is 6.76. The molecule has 0 aromatic carbocycles. The number of carbonyl (C=O) groups excluding carboxylic acids is 1. The van der Waals surface area contributed by atoms with Gasteiger partial charge in [-0.2, -0.15) is 9.40 Å². The number of fused-ring (bicyclic) bond motifs is 1. The van der Waals surface area contributed by atoms with Crippen LogP contribution in [0.4, 0.5) is 0 Å². The fourth-order valence-electron chi connectivity index (χ4n) is 2.42. The molecule has 0 radical (unpaired) electrons. The molecule has 0 saturated carbocycles. The first-order chi connectivity index (χ1) is 10.3. The van der Waals surface area contributed by atoms with Gasteiger partial charge < -0.3 is 10.1 Å². The number of ether oxygens (including phenoxy) is 1. The highest BCUT2D eigenvalue weighted by Gasteiger charge is 2.24. The van der Waals surface area contributed by atoms with Crippen molar-refractivity contribution in [2.45, 2.75) is 39.1 Å². The lowest BCUT2D eigenvalue weighted by atomic mass is 10.2. The molecule has 1 amide bonds. The van der Waals surface area contributed by atoms with E-state index in [2.05, 4.69) is 10.4 Å². The van der Waals surface area contributed by atoms with Crippen LogP contribution in [0, 0.1) is 0 Å². The molecule has 1 aromatic heterocycles. The van der Waals surface area contributed by atoms with Gasteiger partial charge in [0.25, 0.3) is 0 Å². The average Bonchev–Trinajstić information content (AvgIpc) is 2.87. The monoisotopic (exact) mass is 330 g/mol. The molecule has 0 spiro atoms. The normalized spacial score (nSPS) is 17.0. The molecule has 0 fully saturated rings. The lowest BCUT2D eigenvalue weighted by Gasteiger charge is -2.25. The second-order valence-electron chi connectivity index (χ2n) is 5.30. The van der Waals surface area contributed by atoms with Crippen molar-refractivity contribution in [3.05, 3.63) is 17.5 Å². The summed E-state index contributed by atoms with van der Waals surface area (Å²) in [5.74, 6) is -0.172. The lowest BCUT2D eigenvalue weighted by molar-refractivity contribution is -0.131. The van der Waals surface area contributed by atoms with Gasteiger partial charge in [-0.1, -0.05) is 6.92 Å². The van der Waals surface area contributed by atoms with Gasteiger partial charge in [-0.05, 0) is 12.5 Å². The van der Waals surface area contributed by atoms with Crippen LogP contribution in [0.1, 0.15) is 24.7 Å². The molecule has 9 heteroatoms. The fraction of sp³-hybridized carbons (Fsp3) is 0.692. The molecule has 1 aliphatic heterocycles. The Morgan fingerprint density at radius 2 is 2.23 bits per heavy atom. The number of carbonyl (C=O) groups is 1. The number of hydrogen-bond acceptors (Lipinski definition) is 5. The SMILES string of the molecule is CCC(OC)C(=O)NCc1cc2n(n1)CCN(S(C)(=O)=O)C2. The minimum atomic E-state index is -3.20. The van der Waals surface area contributed by atoms with Gasteiger partial charge in [-0.15, -0.1) is 0 Å². The van der Waals surface area contributed by atoms with E-state index in [0.29, 0.717) is 38.3 Å². The zero-order chi connectivity index (χ0) is 16.3. The summed E-state index contributed by atoms with van der Waals surface area (Å²) >= 11 is 0. The molecule has 1 N–H and O–H groups in total. The van der Waals surface area contributed by atoms with Gasteiger partial charge in [0.15, 0.2) is 0 Å². The molecule has 1 aromatic rings. The summed E-state index contributed by atoms with van der Waals surface area (Å²) in [4.78, 5) is 11.8. The molecule has 2 heterocycles. The predicted molar refractivity (Wildman–Crippen MR) is 80.4 cm³/mol. The standard InChI is InChI=1S/C13H22N4O4S/c1-4-12(21-2)13(18)14-8-10-7-11-9-16(22(3,19)20)5-6-17(11)15-10/h7,12H,4-6,8-9H2,1-3H3,(H,14,18). The Morgan fingerprint density at radius 3 is 2.82 bits per heavy atom. The number of hydrogen-bond donors (Lipinski definition) is 1. The minimum absolute atomic E-state index is 0.172. The maximum atomic E-state index is 11.8. The molecular weight excluding hydrogens is 308 g/mol. The third kappa shape index (κ3) is 3.84. The number of nitrogens with zero attached hydrogens (tertiary/aromatic N) is 3. The van der Waals surface area contributed by atoms with Gasteiger partial charge in [0.2, 0.25) is 15.9 Å². The largest absolute Gasteiger partial charge is 0.372 e. The van der Waals surface area contributed by atoms with Crippen molar-refractivity contribution in [1.82, 2.24) is 19.4 Å². The first-order valence-electron chi connectivity index (χ1n) is 7.16. The zero-order valence-electron chi connectivity index (χ0n) is 13.1. The number of sulfonamides is 1. The van der Waals surface area contributed by atoms with Crippen LogP contribution < -0.4 is 5.32 Å². The molecular formula is C13H22N4O4S. The average molecular weight is 330 g/mol. The van der Waals surface area contributed by atoms with Gasteiger partial charge in [0.05, 0.1) is 37.3 Å². The van der Waals surface area contributed by atoms with Crippen LogP contribution in [0.25, 0.3) is 0 Å². The Labute approximate surface area is 130 Å². The third-order valence-electron chi connectivity index (χ3n) is 3.67. The molecule has 22 heavy (non-hydrogen) atoms. The summed E-state index contributed by atoms with van der Waals surface area (Å²) < 4.78 is 31.4. The van der Waals surface area contributed by atoms with Crippen molar-refractivity contribution in [2.24, 2.45) is 0 Å². The smallest absolute Gasteiger partial charge is 0.249 e. The maximum absolute atomic E-state index is 11.8. The van der Waals surface area contributed by atoms with E-state index in [1.165, 1.54) is 17.7 Å². The second-order valence-corrected chi connectivity index (χ2v) is 7.28. The van der Waals surface area contributed by atoms with Crippen molar-refractivity contribution in [3.63, 3.8) is 0 Å². The summed E-state index contributed by atoms with van der Waals surface area (Å²) in [6.07, 6.45) is 1.35. The molecule has 0 saturated heterocycles. The van der Waals surface area contributed by atoms with Crippen LogP contribution in [0.5, 0.6) is 0 Å². The Kier molecular flexibility index (Phi) is 5.20. The fourth-order valence-corrected chi connectivity index (χ4v) is 3.20. The van der Waals surface area contributed by atoms with E-state index >= 15 is 0 Å². The van der Waals surface area contributed by atoms with Crippen molar-refractivity contribution >= 4 is 15.9 Å². The highest BCUT2D eigenvalue weighted by atomic mass is 32.2. The molecule has 124 valence electrons. The van der Waals surface area contributed by atoms with Gasteiger partial charge in [0, 0.05) is 13.7 Å². The van der Waals surface area contributed by atoms with Crippen LogP contribution in [0.15, 0.2) is 6.07 Å². The third-order valence-corrected chi connectivity index (χ3v) is 4.92. The van der Waals surface area contributed by atoms with Gasteiger partial charge in [-0.3, -0.25) is 9.48 Å². The minimum Gasteiger partial charge on any atom is -0.372 e. The van der Waals surface area contributed by atoms with Crippen molar-refractivity contribution < 1.29 is 17.9 Å². The maximum Gasteiger partial charge on any atom is 0.249 e. The zero-order valence-corrected chi connectivity index (χ0v) is 13.9. The Bertz CT molecular complexity index is 636. The number of amides is 1. The molecule has 2 rings (SSSR count). The summed E-state index contributed by atoms with van der Waals surface area (Å²) in [6.45, 7) is 3.43. The first-order valence-corrected chi connectivity index (χ1v) is 9.01. The topological polar surface area (TPSA) is 93.5 Å². The highest BCUT2D eigenvalue weighted by molar-refractivity contribution is 7.88. The summed E-state index contributed by atoms with van der Waals surface area (Å²) in [7, 11) is -1.69. The van der Waals surface area contributed by atoms with Crippen LogP contribution in [-0.2, 0) is 39.2 Å². The summed E-state index contributed by atoms with van der Waals surface area (Å²) in [5, 5.41) is 7.17. The lowest BCUT2D eigenvalue weighted by Crippen LogP contribution is -2.37. The van der Waals surface area contributed by atoms with Gasteiger partial charge in [-0.25, -0.2) is 8.42 Å². The number of methoxy groups -OCH3 is 1. The van der Waals surface area contributed by atoms with E-state index in [9.17, 15) is 13.2 Å². The molecule has 1 aliphatic rings. The number of aromatic nitrogens is 2. The van der Waals surface area contributed by atoms with E-state index in [-0.39, 0.29) is 5.91 Å². The van der Waals surface area contributed by atoms with E-state index in [0.717, 1.165) is 5.69 Å². The summed E-state index contributed by atoms with van der Waals surface area (Å²) in [6, 6.07) is 1.82. The molecule has 0 bridgehead atoms. The Balaban J connectivity index is 1.99. The van der Waals surface area contributed by atoms with Crippen LogP contribution >= 0.6 is 0 Å². The summed E-state index contributed by atoms with van der Waals surface area (Å²) in [5.41, 5.74) is 1.55. The van der Waals surface area contributed by atoms with Crippen LogP contribution in [0.3, 0.4) is 0 Å². The van der Waals surface area contributed by atoms with Gasteiger partial charge in [0.1, 0.15) is 6.10 Å². The van der Waals surface area contributed by atoms with E-state index in [4.69, 9.17) is 4.74 Å². The Hall–Kier alpha value is -1.45.